The van der Waals surface area contributed by atoms with E-state index in [4.69, 9.17) is 9.47 Å². The average Bonchev–Trinajstić information content (AvgIpc) is 3.17. The third-order valence-corrected chi connectivity index (χ3v) is 5.87. The van der Waals surface area contributed by atoms with Crippen molar-refractivity contribution in [3.63, 3.8) is 0 Å². The highest BCUT2D eigenvalue weighted by atomic mass is 19.1. The second-order valence-corrected chi connectivity index (χ2v) is 7.83. The number of rotatable bonds is 6. The second kappa shape index (κ2) is 8.89. The summed E-state index contributed by atoms with van der Waals surface area (Å²) in [6, 6.07) is 14.1. The van der Waals surface area contributed by atoms with E-state index < -0.39 is 0 Å². The smallest absolute Gasteiger partial charge is 0.251 e. The molecule has 162 valence electrons. The first kappa shape index (κ1) is 21.1. The van der Waals surface area contributed by atoms with Crippen LogP contribution >= 0.6 is 0 Å². The molecule has 1 saturated heterocycles. The first-order valence-electron chi connectivity index (χ1n) is 10.2. The summed E-state index contributed by atoms with van der Waals surface area (Å²) in [5.41, 5.74) is 2.07. The van der Waals surface area contributed by atoms with Gasteiger partial charge in [-0.15, -0.1) is 0 Å². The lowest BCUT2D eigenvalue weighted by Crippen LogP contribution is -2.21. The van der Waals surface area contributed by atoms with Gasteiger partial charge in [-0.05, 0) is 30.7 Å². The van der Waals surface area contributed by atoms with E-state index in [1.54, 1.807) is 27.2 Å². The molecule has 0 unspecified atom stereocenters. The SMILES string of the molecule is COc1cccc(OC)c1CN1C[C@@H](c2cc(=O)[nH]c(C)n2)[C@H](c2ccccc2F)C1. The highest BCUT2D eigenvalue weighted by Gasteiger charge is 2.37. The maximum absolute atomic E-state index is 14.7. The number of nitrogens with zero attached hydrogens (tertiary/aromatic N) is 2. The molecule has 2 aromatic carbocycles. The molecule has 0 bridgehead atoms. The first-order valence-corrected chi connectivity index (χ1v) is 10.2. The first-order chi connectivity index (χ1) is 15.0. The Labute approximate surface area is 180 Å². The summed E-state index contributed by atoms with van der Waals surface area (Å²) in [7, 11) is 3.27. The molecular formula is C24H26FN3O3. The lowest BCUT2D eigenvalue weighted by atomic mass is 9.86. The highest BCUT2D eigenvalue weighted by Crippen LogP contribution is 2.41. The van der Waals surface area contributed by atoms with Crippen LogP contribution < -0.4 is 15.0 Å². The molecule has 0 amide bonds. The lowest BCUT2D eigenvalue weighted by Gasteiger charge is -2.20. The molecule has 0 saturated carbocycles. The van der Waals surface area contributed by atoms with Gasteiger partial charge in [0, 0.05) is 37.5 Å². The van der Waals surface area contributed by atoms with E-state index in [1.165, 1.54) is 12.1 Å². The zero-order valence-electron chi connectivity index (χ0n) is 17.9. The van der Waals surface area contributed by atoms with Crippen LogP contribution in [-0.4, -0.2) is 42.2 Å². The minimum absolute atomic E-state index is 0.112. The fraction of sp³-hybridized carbons (Fsp3) is 0.333. The van der Waals surface area contributed by atoms with Crippen LogP contribution in [0, 0.1) is 12.7 Å². The summed E-state index contributed by atoms with van der Waals surface area (Å²) < 4.78 is 25.8. The van der Waals surface area contributed by atoms with Gasteiger partial charge in [-0.25, -0.2) is 9.37 Å². The number of halogens is 1. The minimum atomic E-state index is -0.240. The fourth-order valence-corrected chi connectivity index (χ4v) is 4.50. The molecule has 0 spiro atoms. The molecule has 6 nitrogen and oxygen atoms in total. The summed E-state index contributed by atoms with van der Waals surface area (Å²) in [4.78, 5) is 21.6. The summed E-state index contributed by atoms with van der Waals surface area (Å²) >= 11 is 0. The lowest BCUT2D eigenvalue weighted by molar-refractivity contribution is 0.303. The predicted molar refractivity (Wildman–Crippen MR) is 116 cm³/mol. The van der Waals surface area contributed by atoms with Crippen molar-refractivity contribution < 1.29 is 13.9 Å². The number of benzene rings is 2. The number of likely N-dealkylation sites (tertiary alicyclic amines) is 1. The molecule has 31 heavy (non-hydrogen) atoms. The van der Waals surface area contributed by atoms with Gasteiger partial charge in [0.15, 0.2) is 0 Å². The Morgan fingerprint density at radius 3 is 2.39 bits per heavy atom. The van der Waals surface area contributed by atoms with E-state index in [2.05, 4.69) is 14.9 Å². The molecular weight excluding hydrogens is 397 g/mol. The van der Waals surface area contributed by atoms with Crippen LogP contribution in [-0.2, 0) is 6.54 Å². The van der Waals surface area contributed by atoms with Gasteiger partial charge in [-0.2, -0.15) is 0 Å². The van der Waals surface area contributed by atoms with Gasteiger partial charge < -0.3 is 14.5 Å². The van der Waals surface area contributed by atoms with Crippen molar-refractivity contribution in [2.75, 3.05) is 27.3 Å². The molecule has 3 aromatic rings. The third kappa shape index (κ3) is 4.32. The van der Waals surface area contributed by atoms with Crippen molar-refractivity contribution in [2.45, 2.75) is 25.3 Å². The van der Waals surface area contributed by atoms with Gasteiger partial charge in [0.05, 0.1) is 25.5 Å². The minimum Gasteiger partial charge on any atom is -0.496 e. The molecule has 1 aliphatic rings. The van der Waals surface area contributed by atoms with Crippen molar-refractivity contribution in [1.29, 1.82) is 0 Å². The van der Waals surface area contributed by atoms with Crippen molar-refractivity contribution in [2.24, 2.45) is 0 Å². The topological polar surface area (TPSA) is 67.5 Å². The number of aryl methyl sites for hydroxylation is 1. The van der Waals surface area contributed by atoms with E-state index in [1.807, 2.05) is 30.3 Å². The summed E-state index contributed by atoms with van der Waals surface area (Å²) in [5.74, 6) is 1.57. The number of ether oxygens (including phenoxy) is 2. The predicted octanol–water partition coefficient (Wildman–Crippen LogP) is 3.62. The number of hydrogen-bond donors (Lipinski definition) is 1. The highest BCUT2D eigenvalue weighted by molar-refractivity contribution is 5.45. The van der Waals surface area contributed by atoms with Crippen molar-refractivity contribution in [1.82, 2.24) is 14.9 Å². The number of H-pyrrole nitrogens is 1. The Hall–Kier alpha value is -3.19. The molecule has 2 heterocycles. The Balaban J connectivity index is 1.71. The number of nitrogens with one attached hydrogen (secondary N) is 1. The van der Waals surface area contributed by atoms with Crippen LogP contribution in [0.1, 0.15) is 34.5 Å². The summed E-state index contributed by atoms with van der Waals surface area (Å²) in [6.45, 7) is 3.60. The summed E-state index contributed by atoms with van der Waals surface area (Å²) in [5, 5.41) is 0. The van der Waals surface area contributed by atoms with E-state index in [0.717, 1.165) is 17.1 Å². The van der Waals surface area contributed by atoms with Gasteiger partial charge in [0.1, 0.15) is 23.1 Å². The average molecular weight is 423 g/mol. The third-order valence-electron chi connectivity index (χ3n) is 5.87. The molecule has 1 aliphatic heterocycles. The maximum atomic E-state index is 14.7. The van der Waals surface area contributed by atoms with E-state index >= 15 is 0 Å². The number of hydrogen-bond acceptors (Lipinski definition) is 5. The Morgan fingerprint density at radius 2 is 1.74 bits per heavy atom. The molecule has 0 radical (unpaired) electrons. The largest absolute Gasteiger partial charge is 0.496 e. The van der Waals surface area contributed by atoms with E-state index in [-0.39, 0.29) is 23.2 Å². The molecule has 2 atom stereocenters. The normalized spacial score (nSPS) is 18.8. The Kier molecular flexibility index (Phi) is 6.04. The summed E-state index contributed by atoms with van der Waals surface area (Å²) in [6.07, 6.45) is 0. The van der Waals surface area contributed by atoms with Crippen LogP contribution in [0.4, 0.5) is 4.39 Å². The zero-order valence-corrected chi connectivity index (χ0v) is 17.9. The van der Waals surface area contributed by atoms with Gasteiger partial charge >= 0.3 is 0 Å². The molecule has 4 rings (SSSR count). The Morgan fingerprint density at radius 1 is 1.06 bits per heavy atom. The van der Waals surface area contributed by atoms with Crippen molar-refractivity contribution in [3.8, 4) is 11.5 Å². The molecule has 7 heteroatoms. The Bertz CT molecular complexity index is 1110. The quantitative estimate of drug-likeness (QED) is 0.656. The van der Waals surface area contributed by atoms with Crippen molar-refractivity contribution in [3.05, 3.63) is 87.3 Å². The number of methoxy groups -OCH3 is 2. The molecule has 1 aromatic heterocycles. The number of aromatic amines is 1. The standard InChI is InChI=1S/C24H26FN3O3/c1-15-26-21(11-24(29)27-15)18-13-28(12-17(18)16-7-4-5-8-20(16)25)14-19-22(30-2)9-6-10-23(19)31-3/h4-11,17-18H,12-14H2,1-3H3,(H,26,27,29)/t17-,18+/m0/s1. The monoisotopic (exact) mass is 423 g/mol. The van der Waals surface area contributed by atoms with Crippen LogP contribution in [0.3, 0.4) is 0 Å². The molecule has 1 N–H and O–H groups in total. The van der Waals surface area contributed by atoms with Gasteiger partial charge in [-0.3, -0.25) is 9.69 Å². The van der Waals surface area contributed by atoms with Crippen LogP contribution in [0.25, 0.3) is 0 Å². The molecule has 1 fully saturated rings. The van der Waals surface area contributed by atoms with Gasteiger partial charge in [-0.1, -0.05) is 24.3 Å². The van der Waals surface area contributed by atoms with Crippen molar-refractivity contribution >= 4 is 0 Å². The van der Waals surface area contributed by atoms with E-state index in [0.29, 0.717) is 36.7 Å². The fourth-order valence-electron chi connectivity index (χ4n) is 4.50. The van der Waals surface area contributed by atoms with Crippen LogP contribution in [0.2, 0.25) is 0 Å². The van der Waals surface area contributed by atoms with Crippen LogP contribution in [0.5, 0.6) is 11.5 Å². The zero-order chi connectivity index (χ0) is 22.0. The van der Waals surface area contributed by atoms with Gasteiger partial charge in [0.25, 0.3) is 5.56 Å². The molecule has 0 aliphatic carbocycles. The number of aromatic nitrogens is 2. The van der Waals surface area contributed by atoms with E-state index in [9.17, 15) is 9.18 Å². The van der Waals surface area contributed by atoms with Gasteiger partial charge in [0.2, 0.25) is 0 Å². The van der Waals surface area contributed by atoms with Crippen LogP contribution in [0.15, 0.2) is 53.3 Å². The maximum Gasteiger partial charge on any atom is 0.251 e. The second-order valence-electron chi connectivity index (χ2n) is 7.83.